The molecule has 4 atom stereocenters. The van der Waals surface area contributed by atoms with Crippen LogP contribution in [-0.2, 0) is 4.74 Å². The predicted molar refractivity (Wildman–Crippen MR) is 88.9 cm³/mol. The minimum Gasteiger partial charge on any atom is -0.444 e. The minimum absolute atomic E-state index is 0.171. The third kappa shape index (κ3) is 4.78. The van der Waals surface area contributed by atoms with Crippen molar-refractivity contribution in [3.05, 3.63) is 0 Å². The van der Waals surface area contributed by atoms with Crippen molar-refractivity contribution >= 4 is 17.9 Å². The van der Waals surface area contributed by atoms with E-state index in [4.69, 9.17) is 4.74 Å². The van der Waals surface area contributed by atoms with Crippen LogP contribution in [0.2, 0.25) is 0 Å². The molecule has 0 aliphatic carbocycles. The van der Waals surface area contributed by atoms with Crippen LogP contribution in [0.4, 0.5) is 4.79 Å². The zero-order valence-corrected chi connectivity index (χ0v) is 14.8. The van der Waals surface area contributed by atoms with Crippen molar-refractivity contribution in [3.8, 4) is 0 Å². The zero-order chi connectivity index (χ0) is 15.6. The van der Waals surface area contributed by atoms with Crippen molar-refractivity contribution in [2.75, 3.05) is 12.3 Å². The van der Waals surface area contributed by atoms with E-state index in [2.05, 4.69) is 19.2 Å². The van der Waals surface area contributed by atoms with Crippen LogP contribution in [0.3, 0.4) is 0 Å². The van der Waals surface area contributed by atoms with Gasteiger partial charge in [0.2, 0.25) is 0 Å². The number of amides is 1. The fourth-order valence-electron chi connectivity index (χ4n) is 3.18. The molecule has 2 aliphatic heterocycles. The van der Waals surface area contributed by atoms with Crippen LogP contribution in [0.1, 0.15) is 53.9 Å². The van der Waals surface area contributed by atoms with Crippen LogP contribution in [-0.4, -0.2) is 52.3 Å². The number of thioether (sulfide) groups is 1. The molecule has 1 N–H and O–H groups in total. The summed E-state index contributed by atoms with van der Waals surface area (Å²) in [5, 5.41) is 4.53. The molecule has 4 nitrogen and oxygen atoms in total. The first-order valence-corrected chi connectivity index (χ1v) is 9.18. The van der Waals surface area contributed by atoms with Gasteiger partial charge in [-0.1, -0.05) is 6.92 Å². The summed E-state index contributed by atoms with van der Waals surface area (Å²) in [5.74, 6) is 1.19. The molecule has 122 valence electrons. The Morgan fingerprint density at radius 2 is 2.05 bits per heavy atom. The molecule has 0 spiro atoms. The Kier molecular flexibility index (Phi) is 5.47. The molecule has 2 aliphatic rings. The molecule has 21 heavy (non-hydrogen) atoms. The average molecular weight is 314 g/mol. The molecule has 4 unspecified atom stereocenters. The van der Waals surface area contributed by atoms with Crippen LogP contribution in [0.5, 0.6) is 0 Å². The maximum atomic E-state index is 12.3. The van der Waals surface area contributed by atoms with Gasteiger partial charge in [0.25, 0.3) is 0 Å². The summed E-state index contributed by atoms with van der Waals surface area (Å²) in [4.78, 5) is 14.2. The number of piperidine rings is 1. The Bertz CT molecular complexity index is 370. The molecule has 5 heteroatoms. The topological polar surface area (TPSA) is 41.6 Å². The van der Waals surface area contributed by atoms with E-state index in [1.165, 1.54) is 12.2 Å². The molecule has 0 saturated carbocycles. The molecular formula is C16H30N2O2S. The number of ether oxygens (including phenoxy) is 1. The summed E-state index contributed by atoms with van der Waals surface area (Å²) >= 11 is 2.04. The van der Waals surface area contributed by atoms with Crippen molar-refractivity contribution < 1.29 is 9.53 Å². The Labute approximate surface area is 133 Å². The number of nitrogens with zero attached hydrogens (tertiary/aromatic N) is 1. The van der Waals surface area contributed by atoms with E-state index in [9.17, 15) is 4.79 Å². The standard InChI is InChI=1S/C16H30N2O2S/c1-11-9-13(10-21-11)17-14-7-6-8-18(12(14)2)15(19)20-16(3,4)5/h11-14,17H,6-10H2,1-5H3. The van der Waals surface area contributed by atoms with Gasteiger partial charge in [-0.05, 0) is 47.0 Å². The highest BCUT2D eigenvalue weighted by molar-refractivity contribution is 8.00. The van der Waals surface area contributed by atoms with E-state index in [-0.39, 0.29) is 12.1 Å². The van der Waals surface area contributed by atoms with E-state index >= 15 is 0 Å². The third-order valence-corrected chi connectivity index (χ3v) is 5.62. The van der Waals surface area contributed by atoms with Gasteiger partial charge in [0.05, 0.1) is 0 Å². The normalized spacial score (nSPS) is 34.0. The SMILES string of the molecule is CC1CC(NC2CCCN(C(=O)OC(C)(C)C)C2C)CS1. The summed E-state index contributed by atoms with van der Waals surface area (Å²) in [6.45, 7) is 11.0. The van der Waals surface area contributed by atoms with Gasteiger partial charge in [-0.3, -0.25) is 0 Å². The van der Waals surface area contributed by atoms with Crippen LogP contribution < -0.4 is 5.32 Å². The molecule has 2 saturated heterocycles. The van der Waals surface area contributed by atoms with Crippen molar-refractivity contribution in [1.29, 1.82) is 0 Å². The van der Waals surface area contributed by atoms with Crippen molar-refractivity contribution in [2.24, 2.45) is 0 Å². The molecule has 2 rings (SSSR count). The second-order valence-corrected chi connectivity index (χ2v) is 8.88. The van der Waals surface area contributed by atoms with E-state index in [1.807, 2.05) is 37.4 Å². The number of hydrogen-bond acceptors (Lipinski definition) is 4. The number of likely N-dealkylation sites (tertiary alicyclic amines) is 1. The van der Waals surface area contributed by atoms with Gasteiger partial charge >= 0.3 is 6.09 Å². The highest BCUT2D eigenvalue weighted by Crippen LogP contribution is 2.28. The second kappa shape index (κ2) is 6.78. The molecule has 0 aromatic heterocycles. The first-order valence-electron chi connectivity index (χ1n) is 8.13. The van der Waals surface area contributed by atoms with Crippen LogP contribution in [0.25, 0.3) is 0 Å². The van der Waals surface area contributed by atoms with Gasteiger partial charge in [0, 0.05) is 35.7 Å². The zero-order valence-electron chi connectivity index (χ0n) is 14.0. The summed E-state index contributed by atoms with van der Waals surface area (Å²) in [7, 11) is 0. The summed E-state index contributed by atoms with van der Waals surface area (Å²) < 4.78 is 5.54. The third-order valence-electron chi connectivity index (χ3n) is 4.26. The fourth-order valence-corrected chi connectivity index (χ4v) is 4.34. The van der Waals surface area contributed by atoms with Crippen molar-refractivity contribution in [1.82, 2.24) is 10.2 Å². The van der Waals surface area contributed by atoms with Gasteiger partial charge in [-0.2, -0.15) is 11.8 Å². The number of carbonyl (C=O) groups excluding carboxylic acids is 1. The fraction of sp³-hybridized carbons (Fsp3) is 0.938. The Morgan fingerprint density at radius 1 is 1.33 bits per heavy atom. The molecule has 0 radical (unpaired) electrons. The van der Waals surface area contributed by atoms with E-state index in [1.54, 1.807) is 0 Å². The van der Waals surface area contributed by atoms with Gasteiger partial charge < -0.3 is 15.0 Å². The first kappa shape index (κ1) is 16.9. The van der Waals surface area contributed by atoms with Gasteiger partial charge in [0.1, 0.15) is 5.60 Å². The summed E-state index contributed by atoms with van der Waals surface area (Å²) in [6, 6.07) is 1.19. The average Bonchev–Trinajstić information content (AvgIpc) is 2.75. The van der Waals surface area contributed by atoms with Crippen LogP contribution in [0.15, 0.2) is 0 Å². The predicted octanol–water partition coefficient (Wildman–Crippen LogP) is 3.26. The van der Waals surface area contributed by atoms with Crippen LogP contribution >= 0.6 is 11.8 Å². The van der Waals surface area contributed by atoms with Gasteiger partial charge in [0.15, 0.2) is 0 Å². The van der Waals surface area contributed by atoms with E-state index in [0.717, 1.165) is 24.6 Å². The number of rotatable bonds is 2. The monoisotopic (exact) mass is 314 g/mol. The molecule has 2 fully saturated rings. The number of nitrogens with one attached hydrogen (secondary N) is 1. The highest BCUT2D eigenvalue weighted by Gasteiger charge is 2.35. The lowest BCUT2D eigenvalue weighted by molar-refractivity contribution is 0.00647. The van der Waals surface area contributed by atoms with E-state index in [0.29, 0.717) is 12.1 Å². The molecule has 0 bridgehead atoms. The lowest BCUT2D eigenvalue weighted by Gasteiger charge is -2.41. The van der Waals surface area contributed by atoms with Crippen molar-refractivity contribution in [2.45, 2.75) is 82.9 Å². The maximum Gasteiger partial charge on any atom is 0.410 e. The smallest absolute Gasteiger partial charge is 0.410 e. The first-order chi connectivity index (χ1) is 9.76. The number of carbonyl (C=O) groups is 1. The highest BCUT2D eigenvalue weighted by atomic mass is 32.2. The lowest BCUT2D eigenvalue weighted by Crippen LogP contribution is -2.57. The Balaban J connectivity index is 1.91. The molecule has 1 amide bonds. The summed E-state index contributed by atoms with van der Waals surface area (Å²) in [5.41, 5.74) is -0.422. The number of hydrogen-bond donors (Lipinski definition) is 1. The molecule has 0 aromatic rings. The van der Waals surface area contributed by atoms with Crippen molar-refractivity contribution in [3.63, 3.8) is 0 Å². The molecule has 0 aromatic carbocycles. The summed E-state index contributed by atoms with van der Waals surface area (Å²) in [6.07, 6.45) is 3.27. The maximum absolute atomic E-state index is 12.3. The minimum atomic E-state index is -0.422. The lowest BCUT2D eigenvalue weighted by atomic mass is 9.96. The quantitative estimate of drug-likeness (QED) is 0.849. The Hall–Kier alpha value is -0.420. The van der Waals surface area contributed by atoms with Crippen LogP contribution in [0, 0.1) is 0 Å². The Morgan fingerprint density at radius 3 is 2.62 bits per heavy atom. The largest absolute Gasteiger partial charge is 0.444 e. The second-order valence-electron chi connectivity index (χ2n) is 7.41. The molecule has 2 heterocycles. The van der Waals surface area contributed by atoms with Gasteiger partial charge in [-0.25, -0.2) is 4.79 Å². The van der Waals surface area contributed by atoms with E-state index < -0.39 is 5.60 Å². The molecular weight excluding hydrogens is 284 g/mol. The van der Waals surface area contributed by atoms with Gasteiger partial charge in [-0.15, -0.1) is 0 Å².